The number of benzene rings is 1. The van der Waals surface area contributed by atoms with Crippen molar-refractivity contribution in [1.82, 2.24) is 0 Å². The summed E-state index contributed by atoms with van der Waals surface area (Å²) < 4.78 is 4.90. The topological polar surface area (TPSA) is 92.9 Å². The van der Waals surface area contributed by atoms with E-state index in [0.29, 0.717) is 5.75 Å². The zero-order valence-corrected chi connectivity index (χ0v) is 10.2. The first-order chi connectivity index (χ1) is 8.99. The largest absolute Gasteiger partial charge is 0.496 e. The minimum atomic E-state index is -1.12. The second kappa shape index (κ2) is 6.26. The monoisotopic (exact) mass is 264 g/mol. The van der Waals surface area contributed by atoms with Crippen molar-refractivity contribution in [2.75, 3.05) is 25.1 Å². The van der Waals surface area contributed by atoms with Crippen LogP contribution in [0, 0.1) is 22.5 Å². The molecule has 0 bridgehead atoms. The Balaban J connectivity index is 3.25. The molecule has 0 aromatic heterocycles. The van der Waals surface area contributed by atoms with Gasteiger partial charge in [-0.05, 0) is 12.1 Å². The molecular weight excluding hydrogens is 252 g/mol. The lowest BCUT2D eigenvalue weighted by Crippen LogP contribution is -2.30. The smallest absolute Gasteiger partial charge is 0.323 e. The van der Waals surface area contributed by atoms with Crippen molar-refractivity contribution in [1.29, 1.82) is 0 Å². The third kappa shape index (κ3) is 3.61. The number of nitrogens with zero attached hydrogens (tertiary/aromatic N) is 2. The molecule has 100 valence electrons. The first-order valence-electron chi connectivity index (χ1n) is 5.22. The molecule has 1 aromatic rings. The van der Waals surface area contributed by atoms with Crippen LogP contribution in [0.2, 0.25) is 0 Å². The summed E-state index contributed by atoms with van der Waals surface area (Å²) in [6, 6.07) is 4.14. The fraction of sp³-hybridized carbons (Fsp3) is 0.250. The van der Waals surface area contributed by atoms with Gasteiger partial charge in [0.05, 0.1) is 24.6 Å². The lowest BCUT2D eigenvalue weighted by molar-refractivity contribution is -0.384. The molecule has 0 heterocycles. The second-order valence-electron chi connectivity index (χ2n) is 3.57. The molecule has 0 aliphatic heterocycles. The van der Waals surface area contributed by atoms with Gasteiger partial charge < -0.3 is 14.7 Å². The third-order valence-electron chi connectivity index (χ3n) is 2.33. The van der Waals surface area contributed by atoms with E-state index < -0.39 is 17.4 Å². The molecule has 1 N–H and O–H groups in total. The molecule has 7 nitrogen and oxygen atoms in total. The SMILES string of the molecule is C#CCN(CC(=O)O)c1ccc(OC)cc1[N+](=O)[O-]. The lowest BCUT2D eigenvalue weighted by atomic mass is 10.2. The Kier molecular flexibility index (Phi) is 4.71. The standard InChI is InChI=1S/C12H12N2O5/c1-3-6-13(8-12(15)16)10-5-4-9(19-2)7-11(10)14(17)18/h1,4-5,7H,6,8H2,2H3,(H,15,16). The first-order valence-corrected chi connectivity index (χ1v) is 5.22. The van der Waals surface area contributed by atoms with Crippen LogP contribution in [-0.4, -0.2) is 36.2 Å². The van der Waals surface area contributed by atoms with Crippen molar-refractivity contribution in [3.63, 3.8) is 0 Å². The van der Waals surface area contributed by atoms with E-state index in [1.807, 2.05) is 0 Å². The number of methoxy groups -OCH3 is 1. The Labute approximate surface area is 109 Å². The summed E-state index contributed by atoms with van der Waals surface area (Å²) >= 11 is 0. The Morgan fingerprint density at radius 1 is 1.63 bits per heavy atom. The summed E-state index contributed by atoms with van der Waals surface area (Å²) in [5, 5.41) is 19.8. The maximum Gasteiger partial charge on any atom is 0.323 e. The summed E-state index contributed by atoms with van der Waals surface area (Å²) in [6.45, 7) is -0.461. The fourth-order valence-corrected chi connectivity index (χ4v) is 1.54. The molecule has 0 atom stereocenters. The van der Waals surface area contributed by atoms with E-state index in [-0.39, 0.29) is 17.9 Å². The molecule has 1 rings (SSSR count). The highest BCUT2D eigenvalue weighted by Crippen LogP contribution is 2.31. The number of carbonyl (C=O) groups is 1. The second-order valence-corrected chi connectivity index (χ2v) is 3.57. The molecule has 0 saturated heterocycles. The van der Waals surface area contributed by atoms with E-state index in [1.165, 1.54) is 30.2 Å². The zero-order valence-electron chi connectivity index (χ0n) is 10.2. The van der Waals surface area contributed by atoms with Gasteiger partial charge in [-0.25, -0.2) is 0 Å². The number of hydrogen-bond donors (Lipinski definition) is 1. The van der Waals surface area contributed by atoms with E-state index in [4.69, 9.17) is 16.3 Å². The Bertz CT molecular complexity index is 535. The average Bonchev–Trinajstić information content (AvgIpc) is 2.37. The van der Waals surface area contributed by atoms with E-state index in [1.54, 1.807) is 0 Å². The molecule has 0 fully saturated rings. The molecule has 0 aliphatic carbocycles. The van der Waals surface area contributed by atoms with Gasteiger partial charge >= 0.3 is 5.97 Å². The molecule has 0 spiro atoms. The quantitative estimate of drug-likeness (QED) is 0.470. The van der Waals surface area contributed by atoms with Gasteiger partial charge in [0.25, 0.3) is 5.69 Å². The summed E-state index contributed by atoms with van der Waals surface area (Å²) in [4.78, 5) is 22.4. The summed E-state index contributed by atoms with van der Waals surface area (Å²) in [5.41, 5.74) is -0.109. The van der Waals surface area contributed by atoms with E-state index in [9.17, 15) is 14.9 Å². The number of hydrogen-bond acceptors (Lipinski definition) is 5. The highest BCUT2D eigenvalue weighted by atomic mass is 16.6. The van der Waals surface area contributed by atoms with Gasteiger partial charge in [-0.2, -0.15) is 0 Å². The number of ether oxygens (including phenoxy) is 1. The normalized spacial score (nSPS) is 9.47. The molecule has 0 saturated carbocycles. The van der Waals surface area contributed by atoms with Crippen molar-refractivity contribution in [2.24, 2.45) is 0 Å². The first kappa shape index (κ1) is 14.3. The van der Waals surface area contributed by atoms with Crippen LogP contribution in [0.1, 0.15) is 0 Å². The van der Waals surface area contributed by atoms with Gasteiger partial charge in [-0.1, -0.05) is 5.92 Å². The van der Waals surface area contributed by atoms with Gasteiger partial charge in [0.2, 0.25) is 0 Å². The molecule has 19 heavy (non-hydrogen) atoms. The van der Waals surface area contributed by atoms with Gasteiger partial charge in [-0.3, -0.25) is 14.9 Å². The van der Waals surface area contributed by atoms with Crippen LogP contribution < -0.4 is 9.64 Å². The summed E-state index contributed by atoms with van der Waals surface area (Å²) in [5.74, 6) is 1.46. The number of carboxylic acids is 1. The predicted octanol–water partition coefficient (Wildman–Crippen LogP) is 1.13. The molecule has 0 amide bonds. The van der Waals surface area contributed by atoms with Gasteiger partial charge in [0.15, 0.2) is 0 Å². The average molecular weight is 264 g/mol. The maximum atomic E-state index is 11.0. The van der Waals surface area contributed by atoms with E-state index in [0.717, 1.165) is 0 Å². The molecule has 1 aromatic carbocycles. The van der Waals surface area contributed by atoms with Gasteiger partial charge in [0, 0.05) is 0 Å². The van der Waals surface area contributed by atoms with Crippen LogP contribution in [0.4, 0.5) is 11.4 Å². The molecule has 0 unspecified atom stereocenters. The molecule has 0 radical (unpaired) electrons. The lowest BCUT2D eigenvalue weighted by Gasteiger charge is -2.20. The molecule has 7 heteroatoms. The van der Waals surface area contributed by atoms with E-state index >= 15 is 0 Å². The summed E-state index contributed by atoms with van der Waals surface area (Å²) in [6.07, 6.45) is 5.15. The highest BCUT2D eigenvalue weighted by Gasteiger charge is 2.21. The van der Waals surface area contributed by atoms with E-state index in [2.05, 4.69) is 5.92 Å². The number of rotatable bonds is 6. The van der Waals surface area contributed by atoms with Crippen molar-refractivity contribution in [3.8, 4) is 18.1 Å². The van der Waals surface area contributed by atoms with Crippen molar-refractivity contribution < 1.29 is 19.6 Å². The fourth-order valence-electron chi connectivity index (χ4n) is 1.54. The minimum Gasteiger partial charge on any atom is -0.496 e. The number of nitro groups is 1. The number of anilines is 1. The molecule has 0 aliphatic rings. The summed E-state index contributed by atoms with van der Waals surface area (Å²) in [7, 11) is 1.38. The maximum absolute atomic E-state index is 11.0. The molecular formula is C12H12N2O5. The number of aliphatic carboxylic acids is 1. The highest BCUT2D eigenvalue weighted by molar-refractivity contribution is 5.77. The number of carboxylic acid groups (broad SMARTS) is 1. The number of nitro benzene ring substituents is 1. The van der Waals surface area contributed by atoms with Crippen LogP contribution in [0.15, 0.2) is 18.2 Å². The predicted molar refractivity (Wildman–Crippen MR) is 68.3 cm³/mol. The Morgan fingerprint density at radius 2 is 2.32 bits per heavy atom. The zero-order chi connectivity index (χ0) is 14.4. The van der Waals surface area contributed by atoms with Crippen LogP contribution in [0.5, 0.6) is 5.75 Å². The Hall–Kier alpha value is -2.75. The minimum absolute atomic E-state index is 0.0422. The number of terminal acetylenes is 1. The van der Waals surface area contributed by atoms with Crippen LogP contribution >= 0.6 is 0 Å². The Morgan fingerprint density at radius 3 is 2.79 bits per heavy atom. The van der Waals surface area contributed by atoms with Gasteiger partial charge in [0.1, 0.15) is 18.0 Å². The third-order valence-corrected chi connectivity index (χ3v) is 2.33. The van der Waals surface area contributed by atoms with Crippen molar-refractivity contribution >= 4 is 17.3 Å². The van der Waals surface area contributed by atoms with Gasteiger partial charge in [-0.15, -0.1) is 6.42 Å². The van der Waals surface area contributed by atoms with Crippen LogP contribution in [0.25, 0.3) is 0 Å². The van der Waals surface area contributed by atoms with Crippen LogP contribution in [0.3, 0.4) is 0 Å². The van der Waals surface area contributed by atoms with Crippen LogP contribution in [-0.2, 0) is 4.79 Å². The van der Waals surface area contributed by atoms with Crippen molar-refractivity contribution in [3.05, 3.63) is 28.3 Å². The van der Waals surface area contributed by atoms with Crippen molar-refractivity contribution in [2.45, 2.75) is 0 Å².